The predicted molar refractivity (Wildman–Crippen MR) is 84.2 cm³/mol. The SMILES string of the molecule is CCC(=O)N1CCC[N+](C)(Cc2cccc([N+](=O)[O-])c2)CC1. The summed E-state index contributed by atoms with van der Waals surface area (Å²) in [5.74, 6) is 0.212. The Labute approximate surface area is 131 Å². The quantitative estimate of drug-likeness (QED) is 0.486. The fraction of sp³-hybridized carbons (Fsp3) is 0.562. The van der Waals surface area contributed by atoms with Crippen LogP contribution < -0.4 is 0 Å². The van der Waals surface area contributed by atoms with Crippen LogP contribution in [-0.4, -0.2) is 53.4 Å². The van der Waals surface area contributed by atoms with Crippen molar-refractivity contribution >= 4 is 11.6 Å². The van der Waals surface area contributed by atoms with E-state index >= 15 is 0 Å². The number of benzene rings is 1. The molecule has 6 nitrogen and oxygen atoms in total. The molecule has 0 N–H and O–H groups in total. The Morgan fingerprint density at radius 3 is 2.82 bits per heavy atom. The van der Waals surface area contributed by atoms with Gasteiger partial charge in [-0.15, -0.1) is 0 Å². The van der Waals surface area contributed by atoms with Crippen molar-refractivity contribution in [1.29, 1.82) is 0 Å². The van der Waals surface area contributed by atoms with E-state index in [-0.39, 0.29) is 16.5 Å². The molecule has 1 heterocycles. The molecule has 0 spiro atoms. The highest BCUT2D eigenvalue weighted by Gasteiger charge is 2.28. The Hall–Kier alpha value is -1.95. The van der Waals surface area contributed by atoms with Crippen LogP contribution in [0, 0.1) is 10.1 Å². The maximum atomic E-state index is 11.9. The molecular formula is C16H24N3O3+. The highest BCUT2D eigenvalue weighted by atomic mass is 16.6. The number of carbonyl (C=O) groups is 1. The first-order chi connectivity index (χ1) is 10.4. The molecule has 1 atom stereocenters. The average Bonchev–Trinajstić information content (AvgIpc) is 2.68. The third-order valence-electron chi connectivity index (χ3n) is 4.38. The summed E-state index contributed by atoms with van der Waals surface area (Å²) in [6.07, 6.45) is 1.52. The molecule has 1 amide bonds. The van der Waals surface area contributed by atoms with Gasteiger partial charge in [0.05, 0.1) is 31.6 Å². The molecule has 1 unspecified atom stereocenters. The number of nitro benzene ring substituents is 1. The van der Waals surface area contributed by atoms with Gasteiger partial charge in [-0.25, -0.2) is 0 Å². The zero-order valence-corrected chi connectivity index (χ0v) is 13.3. The molecule has 22 heavy (non-hydrogen) atoms. The molecule has 120 valence electrons. The molecule has 1 aliphatic rings. The number of non-ortho nitro benzene ring substituents is 1. The van der Waals surface area contributed by atoms with Crippen molar-refractivity contribution < 1.29 is 14.2 Å². The minimum absolute atomic E-state index is 0.140. The van der Waals surface area contributed by atoms with Gasteiger partial charge in [-0.2, -0.15) is 0 Å². The highest BCUT2D eigenvalue weighted by molar-refractivity contribution is 5.75. The van der Waals surface area contributed by atoms with Crippen LogP contribution in [0.2, 0.25) is 0 Å². The molecule has 0 aromatic heterocycles. The summed E-state index contributed by atoms with van der Waals surface area (Å²) in [4.78, 5) is 24.3. The molecule has 0 saturated carbocycles. The zero-order chi connectivity index (χ0) is 16.2. The summed E-state index contributed by atoms with van der Waals surface area (Å²) in [5.41, 5.74) is 1.12. The Morgan fingerprint density at radius 2 is 2.14 bits per heavy atom. The molecule has 1 saturated heterocycles. The number of quaternary nitrogens is 1. The van der Waals surface area contributed by atoms with Gasteiger partial charge < -0.3 is 9.38 Å². The van der Waals surface area contributed by atoms with Gasteiger partial charge >= 0.3 is 0 Å². The Morgan fingerprint density at radius 1 is 1.36 bits per heavy atom. The van der Waals surface area contributed by atoms with Crippen molar-refractivity contribution in [1.82, 2.24) is 4.90 Å². The molecule has 2 rings (SSSR count). The van der Waals surface area contributed by atoms with Crippen LogP contribution in [0.15, 0.2) is 24.3 Å². The lowest BCUT2D eigenvalue weighted by Gasteiger charge is -2.33. The molecule has 0 bridgehead atoms. The van der Waals surface area contributed by atoms with Crippen LogP contribution >= 0.6 is 0 Å². The molecule has 0 radical (unpaired) electrons. The highest BCUT2D eigenvalue weighted by Crippen LogP contribution is 2.20. The molecule has 0 aliphatic carbocycles. The summed E-state index contributed by atoms with van der Waals surface area (Å²) in [6, 6.07) is 6.86. The number of hydrogen-bond donors (Lipinski definition) is 0. The number of rotatable bonds is 4. The largest absolute Gasteiger partial charge is 0.337 e. The number of likely N-dealkylation sites (N-methyl/N-ethyl adjacent to an activating group) is 1. The van der Waals surface area contributed by atoms with Crippen LogP contribution in [0.4, 0.5) is 5.69 Å². The lowest BCUT2D eigenvalue weighted by Crippen LogP contribution is -2.46. The first-order valence-electron chi connectivity index (χ1n) is 7.78. The average molecular weight is 306 g/mol. The second-order valence-corrected chi connectivity index (χ2v) is 6.24. The Balaban J connectivity index is 2.06. The van der Waals surface area contributed by atoms with E-state index in [0.29, 0.717) is 6.42 Å². The van der Waals surface area contributed by atoms with Gasteiger partial charge in [-0.3, -0.25) is 14.9 Å². The van der Waals surface area contributed by atoms with Gasteiger partial charge in [0, 0.05) is 37.1 Å². The van der Waals surface area contributed by atoms with Gasteiger partial charge in [0.1, 0.15) is 6.54 Å². The van der Waals surface area contributed by atoms with E-state index < -0.39 is 0 Å². The van der Waals surface area contributed by atoms with E-state index in [1.807, 2.05) is 17.9 Å². The third kappa shape index (κ3) is 4.04. The first kappa shape index (κ1) is 16.4. The fourth-order valence-electron chi connectivity index (χ4n) is 3.07. The van der Waals surface area contributed by atoms with Gasteiger partial charge in [0.2, 0.25) is 5.91 Å². The van der Waals surface area contributed by atoms with Crippen molar-refractivity contribution in [2.24, 2.45) is 0 Å². The maximum absolute atomic E-state index is 11.9. The monoisotopic (exact) mass is 306 g/mol. The van der Waals surface area contributed by atoms with E-state index in [9.17, 15) is 14.9 Å². The van der Waals surface area contributed by atoms with Crippen LogP contribution in [0.3, 0.4) is 0 Å². The van der Waals surface area contributed by atoms with Crippen LogP contribution in [0.5, 0.6) is 0 Å². The van der Waals surface area contributed by atoms with Crippen molar-refractivity contribution in [3.05, 3.63) is 39.9 Å². The van der Waals surface area contributed by atoms with E-state index in [0.717, 1.165) is 49.2 Å². The predicted octanol–water partition coefficient (Wildman–Crippen LogP) is 2.18. The topological polar surface area (TPSA) is 63.5 Å². The number of carbonyl (C=O) groups excluding carboxylic acids is 1. The van der Waals surface area contributed by atoms with E-state index in [1.165, 1.54) is 6.07 Å². The third-order valence-corrected chi connectivity index (χ3v) is 4.38. The lowest BCUT2D eigenvalue weighted by atomic mass is 10.1. The second-order valence-electron chi connectivity index (χ2n) is 6.24. The smallest absolute Gasteiger partial charge is 0.269 e. The van der Waals surface area contributed by atoms with Crippen LogP contribution in [0.1, 0.15) is 25.3 Å². The molecule has 1 fully saturated rings. The van der Waals surface area contributed by atoms with Crippen molar-refractivity contribution in [3.63, 3.8) is 0 Å². The van der Waals surface area contributed by atoms with Gasteiger partial charge in [0.25, 0.3) is 5.69 Å². The lowest BCUT2D eigenvalue weighted by molar-refractivity contribution is -0.920. The van der Waals surface area contributed by atoms with Gasteiger partial charge in [0.15, 0.2) is 0 Å². The summed E-state index contributed by atoms with van der Waals surface area (Å²) in [6.45, 7) is 6.10. The molecule has 1 aliphatic heterocycles. The number of nitro groups is 1. The summed E-state index contributed by atoms with van der Waals surface area (Å²) in [5, 5.41) is 10.9. The van der Waals surface area contributed by atoms with E-state index in [1.54, 1.807) is 12.1 Å². The molecular weight excluding hydrogens is 282 g/mol. The molecule has 1 aromatic carbocycles. The van der Waals surface area contributed by atoms with E-state index in [4.69, 9.17) is 0 Å². The second kappa shape index (κ2) is 6.87. The van der Waals surface area contributed by atoms with Crippen molar-refractivity contribution in [2.75, 3.05) is 33.2 Å². The number of hydrogen-bond acceptors (Lipinski definition) is 3. The molecule has 1 aromatic rings. The van der Waals surface area contributed by atoms with Gasteiger partial charge in [-0.1, -0.05) is 19.1 Å². The Kier molecular flexibility index (Phi) is 5.13. The van der Waals surface area contributed by atoms with Gasteiger partial charge in [-0.05, 0) is 0 Å². The molecule has 6 heteroatoms. The van der Waals surface area contributed by atoms with Crippen LogP contribution in [0.25, 0.3) is 0 Å². The van der Waals surface area contributed by atoms with Crippen molar-refractivity contribution in [2.45, 2.75) is 26.3 Å². The first-order valence-corrected chi connectivity index (χ1v) is 7.78. The minimum atomic E-state index is -0.354. The number of nitrogens with zero attached hydrogens (tertiary/aromatic N) is 3. The zero-order valence-electron chi connectivity index (χ0n) is 13.3. The van der Waals surface area contributed by atoms with Crippen LogP contribution in [-0.2, 0) is 11.3 Å². The normalized spacial score (nSPS) is 22.2. The summed E-state index contributed by atoms with van der Waals surface area (Å²) < 4.78 is 0.814. The summed E-state index contributed by atoms with van der Waals surface area (Å²) >= 11 is 0. The van der Waals surface area contributed by atoms with Crippen molar-refractivity contribution in [3.8, 4) is 0 Å². The Bertz CT molecular complexity index is 561. The summed E-state index contributed by atoms with van der Waals surface area (Å²) in [7, 11) is 2.17. The van der Waals surface area contributed by atoms with E-state index in [2.05, 4.69) is 7.05 Å². The standard InChI is InChI=1S/C16H24N3O3/c1-3-16(20)17-8-5-10-19(2,11-9-17)13-14-6-4-7-15(12-14)18(21)22/h4,6-7,12H,3,5,8-11,13H2,1-2H3/q+1. The maximum Gasteiger partial charge on any atom is 0.269 e. The number of amides is 1. The minimum Gasteiger partial charge on any atom is -0.337 e. The fourth-order valence-corrected chi connectivity index (χ4v) is 3.07.